The lowest BCUT2D eigenvalue weighted by Gasteiger charge is -2.43. The lowest BCUT2D eigenvalue weighted by Crippen LogP contribution is -2.46. The second-order valence-corrected chi connectivity index (χ2v) is 5.94. The van der Waals surface area contributed by atoms with Crippen molar-refractivity contribution in [3.63, 3.8) is 0 Å². The fraction of sp³-hybridized carbons (Fsp3) is 0.714. The van der Waals surface area contributed by atoms with Gasteiger partial charge in [-0.2, -0.15) is 5.10 Å². The van der Waals surface area contributed by atoms with Gasteiger partial charge in [0.1, 0.15) is 0 Å². The second kappa shape index (κ2) is 5.33. The van der Waals surface area contributed by atoms with Crippen LogP contribution in [0, 0.1) is 11.3 Å². The van der Waals surface area contributed by atoms with Crippen molar-refractivity contribution in [3.8, 4) is 0 Å². The summed E-state index contributed by atoms with van der Waals surface area (Å²) >= 11 is 0. The van der Waals surface area contributed by atoms with Crippen LogP contribution in [0.1, 0.15) is 44.7 Å². The molecule has 1 saturated carbocycles. The summed E-state index contributed by atoms with van der Waals surface area (Å²) in [7, 11) is 0. The van der Waals surface area contributed by atoms with E-state index in [1.807, 2.05) is 10.7 Å². The molecule has 1 aromatic rings. The predicted molar refractivity (Wildman–Crippen MR) is 72.8 cm³/mol. The van der Waals surface area contributed by atoms with Crippen molar-refractivity contribution in [2.75, 3.05) is 6.54 Å². The smallest absolute Gasteiger partial charge is 0.310 e. The number of nitrogens with zero attached hydrogens (tertiary/aromatic N) is 2. The van der Waals surface area contributed by atoms with Crippen LogP contribution in [0.3, 0.4) is 0 Å². The molecule has 3 N–H and O–H groups in total. The first-order valence-electron chi connectivity index (χ1n) is 6.96. The topological polar surface area (TPSA) is 81.1 Å². The highest BCUT2D eigenvalue weighted by Gasteiger charge is 2.51. The van der Waals surface area contributed by atoms with Gasteiger partial charge >= 0.3 is 5.97 Å². The Bertz CT molecular complexity index is 449. The summed E-state index contributed by atoms with van der Waals surface area (Å²) in [6.45, 7) is 5.41. The van der Waals surface area contributed by atoms with Crippen molar-refractivity contribution in [1.29, 1.82) is 0 Å². The SMILES string of the molecule is CC(C)Cn1nccc1[C@@H](CN)C1(C(=O)O)CCC1. The Morgan fingerprint density at radius 3 is 2.68 bits per heavy atom. The number of hydrogen-bond acceptors (Lipinski definition) is 3. The minimum Gasteiger partial charge on any atom is -0.481 e. The Morgan fingerprint density at radius 2 is 2.26 bits per heavy atom. The summed E-state index contributed by atoms with van der Waals surface area (Å²) in [5.74, 6) is -0.384. The third kappa shape index (κ3) is 2.39. The lowest BCUT2D eigenvalue weighted by atomic mass is 9.60. The van der Waals surface area contributed by atoms with Gasteiger partial charge in [-0.1, -0.05) is 20.3 Å². The fourth-order valence-corrected chi connectivity index (χ4v) is 3.04. The summed E-state index contributed by atoms with van der Waals surface area (Å²) in [5.41, 5.74) is 6.19. The van der Waals surface area contributed by atoms with Crippen LogP contribution < -0.4 is 5.73 Å². The minimum absolute atomic E-state index is 0.139. The number of nitrogens with two attached hydrogens (primary N) is 1. The van der Waals surface area contributed by atoms with E-state index in [9.17, 15) is 9.90 Å². The van der Waals surface area contributed by atoms with Gasteiger partial charge in [0.05, 0.1) is 5.41 Å². The van der Waals surface area contributed by atoms with Crippen molar-refractivity contribution in [3.05, 3.63) is 18.0 Å². The highest BCUT2D eigenvalue weighted by Crippen LogP contribution is 2.51. The number of carboxylic acid groups (broad SMARTS) is 1. The molecule has 1 fully saturated rings. The summed E-state index contributed by atoms with van der Waals surface area (Å²) in [6.07, 6.45) is 4.16. The summed E-state index contributed by atoms with van der Waals surface area (Å²) in [5, 5.41) is 13.9. The van der Waals surface area contributed by atoms with E-state index in [0.29, 0.717) is 12.5 Å². The molecule has 0 aliphatic heterocycles. The predicted octanol–water partition coefficient (Wildman–Crippen LogP) is 1.84. The molecular weight excluding hydrogens is 242 g/mol. The van der Waals surface area contributed by atoms with Gasteiger partial charge in [0, 0.05) is 30.9 Å². The van der Waals surface area contributed by atoms with Crippen LogP contribution in [0.5, 0.6) is 0 Å². The quantitative estimate of drug-likeness (QED) is 0.822. The molecule has 0 amide bonds. The molecule has 5 nitrogen and oxygen atoms in total. The molecule has 106 valence electrons. The molecule has 0 spiro atoms. The van der Waals surface area contributed by atoms with E-state index in [4.69, 9.17) is 5.73 Å². The van der Waals surface area contributed by atoms with Gasteiger partial charge in [-0.05, 0) is 24.8 Å². The Hall–Kier alpha value is -1.36. The van der Waals surface area contributed by atoms with Crippen LogP contribution in [-0.4, -0.2) is 27.4 Å². The Labute approximate surface area is 113 Å². The number of rotatable bonds is 6. The van der Waals surface area contributed by atoms with Crippen LogP contribution in [0.4, 0.5) is 0 Å². The Kier molecular flexibility index (Phi) is 3.94. The van der Waals surface area contributed by atoms with Gasteiger partial charge in [0.25, 0.3) is 0 Å². The maximum atomic E-state index is 11.6. The molecule has 0 aromatic carbocycles. The molecule has 0 saturated heterocycles. The van der Waals surface area contributed by atoms with Gasteiger partial charge in [0.15, 0.2) is 0 Å². The lowest BCUT2D eigenvalue weighted by molar-refractivity contribution is -0.156. The number of carbonyl (C=O) groups is 1. The number of aromatic nitrogens is 2. The van der Waals surface area contributed by atoms with Gasteiger partial charge in [0.2, 0.25) is 0 Å². The van der Waals surface area contributed by atoms with Crippen LogP contribution in [0.2, 0.25) is 0 Å². The summed E-state index contributed by atoms with van der Waals surface area (Å²) in [4.78, 5) is 11.6. The van der Waals surface area contributed by atoms with Crippen LogP contribution >= 0.6 is 0 Å². The molecule has 1 heterocycles. The normalized spacial score (nSPS) is 19.2. The third-order valence-corrected chi connectivity index (χ3v) is 4.22. The first kappa shape index (κ1) is 14.1. The van der Waals surface area contributed by atoms with Gasteiger partial charge in [-0.25, -0.2) is 0 Å². The van der Waals surface area contributed by atoms with E-state index in [2.05, 4.69) is 18.9 Å². The monoisotopic (exact) mass is 265 g/mol. The molecule has 1 aromatic heterocycles. The zero-order valence-corrected chi connectivity index (χ0v) is 11.7. The minimum atomic E-state index is -0.716. The van der Waals surface area contributed by atoms with E-state index < -0.39 is 11.4 Å². The van der Waals surface area contributed by atoms with E-state index in [1.54, 1.807) is 6.20 Å². The van der Waals surface area contributed by atoms with E-state index in [0.717, 1.165) is 31.5 Å². The molecule has 19 heavy (non-hydrogen) atoms. The summed E-state index contributed by atoms with van der Waals surface area (Å²) in [6, 6.07) is 1.92. The summed E-state index contributed by atoms with van der Waals surface area (Å²) < 4.78 is 1.92. The Morgan fingerprint density at radius 1 is 1.58 bits per heavy atom. The number of carboxylic acids is 1. The standard InChI is InChI=1S/C14H23N3O2/c1-10(2)9-17-12(4-7-16-17)11(8-15)14(13(18)19)5-3-6-14/h4,7,10-11H,3,5-6,8-9,15H2,1-2H3,(H,18,19)/t11-/m1/s1. The molecular formula is C14H23N3O2. The van der Waals surface area contributed by atoms with Crippen molar-refractivity contribution in [1.82, 2.24) is 9.78 Å². The van der Waals surface area contributed by atoms with E-state index in [-0.39, 0.29) is 5.92 Å². The van der Waals surface area contributed by atoms with Gasteiger partial charge < -0.3 is 10.8 Å². The Balaban J connectivity index is 2.32. The van der Waals surface area contributed by atoms with Crippen molar-refractivity contribution in [2.45, 2.75) is 45.6 Å². The molecule has 0 radical (unpaired) electrons. The second-order valence-electron chi connectivity index (χ2n) is 5.94. The molecule has 0 unspecified atom stereocenters. The number of aliphatic carboxylic acids is 1. The van der Waals surface area contributed by atoms with Crippen LogP contribution in [-0.2, 0) is 11.3 Å². The van der Waals surface area contributed by atoms with Crippen molar-refractivity contribution in [2.24, 2.45) is 17.1 Å². The maximum absolute atomic E-state index is 11.6. The first-order chi connectivity index (χ1) is 9.01. The fourth-order valence-electron chi connectivity index (χ4n) is 3.04. The van der Waals surface area contributed by atoms with E-state index in [1.165, 1.54) is 0 Å². The number of hydrogen-bond donors (Lipinski definition) is 2. The maximum Gasteiger partial charge on any atom is 0.310 e. The van der Waals surface area contributed by atoms with Crippen LogP contribution in [0.25, 0.3) is 0 Å². The zero-order chi connectivity index (χ0) is 14.0. The highest BCUT2D eigenvalue weighted by atomic mass is 16.4. The molecule has 0 bridgehead atoms. The van der Waals surface area contributed by atoms with E-state index >= 15 is 0 Å². The van der Waals surface area contributed by atoms with Gasteiger partial charge in [-0.3, -0.25) is 9.48 Å². The molecule has 5 heteroatoms. The zero-order valence-electron chi connectivity index (χ0n) is 11.7. The first-order valence-corrected chi connectivity index (χ1v) is 6.96. The third-order valence-electron chi connectivity index (χ3n) is 4.22. The van der Waals surface area contributed by atoms with Crippen molar-refractivity contribution < 1.29 is 9.90 Å². The largest absolute Gasteiger partial charge is 0.481 e. The van der Waals surface area contributed by atoms with Crippen molar-refractivity contribution >= 4 is 5.97 Å². The average molecular weight is 265 g/mol. The van der Waals surface area contributed by atoms with Crippen LogP contribution in [0.15, 0.2) is 12.3 Å². The van der Waals surface area contributed by atoms with Gasteiger partial charge in [-0.15, -0.1) is 0 Å². The molecule has 2 rings (SSSR count). The molecule has 1 aliphatic carbocycles. The average Bonchev–Trinajstić information content (AvgIpc) is 2.69. The molecule has 1 atom stereocenters. The highest BCUT2D eigenvalue weighted by molar-refractivity contribution is 5.77. The molecule has 1 aliphatic rings.